The number of likely N-dealkylation sites (N-methyl/N-ethyl adjacent to an activating group) is 1. The number of imidazole rings is 1. The predicted octanol–water partition coefficient (Wildman–Crippen LogP) is 5.74. The lowest BCUT2D eigenvalue weighted by molar-refractivity contribution is -0.156. The summed E-state index contributed by atoms with van der Waals surface area (Å²) in [5.41, 5.74) is 1.05. The number of ether oxygens (including phenoxy) is 2. The van der Waals surface area contributed by atoms with E-state index in [-0.39, 0.29) is 59.9 Å². The van der Waals surface area contributed by atoms with Gasteiger partial charge in [-0.3, -0.25) is 19.2 Å². The van der Waals surface area contributed by atoms with Crippen molar-refractivity contribution in [2.75, 3.05) is 38.2 Å². The maximum absolute atomic E-state index is 14.2. The largest absolute Gasteiger partial charge is 0.491 e. The first kappa shape index (κ1) is 36.1. The molecule has 2 aliphatic heterocycles. The van der Waals surface area contributed by atoms with E-state index in [1.165, 1.54) is 10.9 Å². The van der Waals surface area contributed by atoms with Crippen molar-refractivity contribution in [3.05, 3.63) is 76.8 Å². The van der Waals surface area contributed by atoms with E-state index in [0.717, 1.165) is 22.9 Å². The number of ketones is 1. The fourth-order valence-corrected chi connectivity index (χ4v) is 6.57. The molecule has 5 heterocycles. The van der Waals surface area contributed by atoms with Crippen molar-refractivity contribution >= 4 is 17.6 Å². The maximum Gasteiger partial charge on any atom is 0.435 e. The number of nitrogens with zero attached hydrogens (tertiary/aromatic N) is 7. The fourth-order valence-electron chi connectivity index (χ4n) is 6.57. The Balaban J connectivity index is 1.24. The topological polar surface area (TPSA) is 108 Å². The van der Waals surface area contributed by atoms with E-state index < -0.39 is 23.4 Å². The van der Waals surface area contributed by atoms with Gasteiger partial charge in [0.05, 0.1) is 24.6 Å². The van der Waals surface area contributed by atoms with Crippen molar-refractivity contribution in [1.29, 1.82) is 0 Å². The molecule has 0 saturated carbocycles. The standard InChI is InChI=1S/C37H44F3N7O4/c1-8-47-19-30(35(43-47)37(38,39)40)28-13-24(16-45-10-9-41-23(45)3)14-29-33(49)25(21-50-34(28)29)15-26-11-22(2)12-31(42-26)46-17-27(18-46)44(7)20-32(48)51-36(4,5)6/h9-14,19,25,27H,8,15-18,20-21H2,1-7H3/t25-/m1/s1. The van der Waals surface area contributed by atoms with Gasteiger partial charge in [-0.1, -0.05) is 0 Å². The molecule has 51 heavy (non-hydrogen) atoms. The number of alkyl halides is 3. The Morgan fingerprint density at radius 3 is 2.45 bits per heavy atom. The van der Waals surface area contributed by atoms with Crippen LogP contribution in [0.15, 0.2) is 42.9 Å². The van der Waals surface area contributed by atoms with Gasteiger partial charge in [0.15, 0.2) is 11.5 Å². The molecule has 1 aromatic carbocycles. The quantitative estimate of drug-likeness (QED) is 0.191. The molecule has 1 atom stereocenters. The third-order valence-corrected chi connectivity index (χ3v) is 9.21. The minimum atomic E-state index is -4.71. The molecule has 1 fully saturated rings. The number of benzene rings is 1. The number of hydrogen-bond acceptors (Lipinski definition) is 9. The van der Waals surface area contributed by atoms with Crippen LogP contribution in [0.3, 0.4) is 0 Å². The first-order valence-corrected chi connectivity index (χ1v) is 17.1. The third-order valence-electron chi connectivity index (χ3n) is 9.21. The lowest BCUT2D eigenvalue weighted by Gasteiger charge is -2.44. The van der Waals surface area contributed by atoms with Crippen molar-refractivity contribution in [3.8, 4) is 16.9 Å². The molecule has 0 amide bonds. The summed E-state index contributed by atoms with van der Waals surface area (Å²) in [4.78, 5) is 39.8. The Kier molecular flexibility index (Phi) is 9.75. The van der Waals surface area contributed by atoms with Gasteiger partial charge >= 0.3 is 12.1 Å². The zero-order chi connectivity index (χ0) is 36.8. The second-order valence-corrected chi connectivity index (χ2v) is 14.5. The minimum Gasteiger partial charge on any atom is -0.491 e. The summed E-state index contributed by atoms with van der Waals surface area (Å²) in [5.74, 6) is 0.563. The van der Waals surface area contributed by atoms with Gasteiger partial charge in [-0.15, -0.1) is 0 Å². The lowest BCUT2D eigenvalue weighted by Crippen LogP contribution is -2.59. The number of carbonyl (C=O) groups excluding carboxylic acids is 2. The Hall–Kier alpha value is -4.72. The van der Waals surface area contributed by atoms with Gasteiger partial charge in [0.25, 0.3) is 0 Å². The molecule has 0 N–H and O–H groups in total. The summed E-state index contributed by atoms with van der Waals surface area (Å²) in [7, 11) is 1.90. The molecular weight excluding hydrogens is 663 g/mol. The van der Waals surface area contributed by atoms with Gasteiger partial charge < -0.3 is 18.9 Å². The van der Waals surface area contributed by atoms with Crippen LogP contribution in [0.2, 0.25) is 0 Å². The van der Waals surface area contributed by atoms with Crippen LogP contribution < -0.4 is 9.64 Å². The Morgan fingerprint density at radius 2 is 1.80 bits per heavy atom. The van der Waals surface area contributed by atoms with E-state index >= 15 is 0 Å². The average Bonchev–Trinajstić information content (AvgIpc) is 3.62. The third kappa shape index (κ3) is 7.95. The van der Waals surface area contributed by atoms with E-state index in [4.69, 9.17) is 14.5 Å². The molecule has 3 aromatic heterocycles. The zero-order valence-corrected chi connectivity index (χ0v) is 30.0. The predicted molar refractivity (Wildman–Crippen MR) is 185 cm³/mol. The lowest BCUT2D eigenvalue weighted by atomic mass is 9.87. The van der Waals surface area contributed by atoms with Gasteiger partial charge in [-0.25, -0.2) is 9.97 Å². The number of pyridine rings is 1. The molecule has 0 aliphatic carbocycles. The number of esters is 1. The summed E-state index contributed by atoms with van der Waals surface area (Å²) in [6.45, 7) is 13.2. The Labute approximate surface area is 295 Å². The number of rotatable bonds is 10. The van der Waals surface area contributed by atoms with Crippen LogP contribution in [0, 0.1) is 19.8 Å². The van der Waals surface area contributed by atoms with Crippen LogP contribution in [-0.2, 0) is 35.2 Å². The smallest absolute Gasteiger partial charge is 0.435 e. The molecule has 11 nitrogen and oxygen atoms in total. The fraction of sp³-hybridized carbons (Fsp3) is 0.486. The Morgan fingerprint density at radius 1 is 1.08 bits per heavy atom. The van der Waals surface area contributed by atoms with Gasteiger partial charge in [-0.2, -0.15) is 18.3 Å². The van der Waals surface area contributed by atoms with Crippen molar-refractivity contribution < 1.29 is 32.2 Å². The second kappa shape index (κ2) is 13.8. The van der Waals surface area contributed by atoms with Crippen LogP contribution >= 0.6 is 0 Å². The second-order valence-electron chi connectivity index (χ2n) is 14.5. The molecule has 0 bridgehead atoms. The highest BCUT2D eigenvalue weighted by molar-refractivity contribution is 6.04. The van der Waals surface area contributed by atoms with Crippen LogP contribution in [0.1, 0.15) is 66.4 Å². The van der Waals surface area contributed by atoms with Gasteiger partial charge in [0.1, 0.15) is 23.0 Å². The first-order valence-electron chi connectivity index (χ1n) is 17.1. The molecule has 0 unspecified atom stereocenters. The van der Waals surface area contributed by atoms with Gasteiger partial charge in [-0.05, 0) is 84.0 Å². The van der Waals surface area contributed by atoms with Crippen molar-refractivity contribution in [2.24, 2.45) is 5.92 Å². The van der Waals surface area contributed by atoms with Crippen LogP contribution in [-0.4, -0.2) is 85.9 Å². The summed E-state index contributed by atoms with van der Waals surface area (Å²) < 4.78 is 57.5. The summed E-state index contributed by atoms with van der Waals surface area (Å²) in [6, 6.07) is 7.46. The van der Waals surface area contributed by atoms with Crippen molar-refractivity contribution in [2.45, 2.75) is 78.9 Å². The molecular formula is C37H44F3N7O4. The highest BCUT2D eigenvalue weighted by Crippen LogP contribution is 2.44. The normalized spacial score (nSPS) is 16.6. The number of anilines is 1. The minimum absolute atomic E-state index is 0.00568. The number of hydrogen-bond donors (Lipinski definition) is 0. The van der Waals surface area contributed by atoms with E-state index in [2.05, 4.69) is 15.0 Å². The van der Waals surface area contributed by atoms with E-state index in [1.54, 1.807) is 31.5 Å². The molecule has 6 rings (SSSR count). The number of Topliss-reactive ketones (excluding diaryl/α,β-unsaturated/α-hetero) is 1. The summed E-state index contributed by atoms with van der Waals surface area (Å²) >= 11 is 0. The number of carbonyl (C=O) groups is 2. The van der Waals surface area contributed by atoms with Crippen LogP contribution in [0.25, 0.3) is 11.1 Å². The average molecular weight is 708 g/mol. The zero-order valence-electron chi connectivity index (χ0n) is 30.0. The number of fused-ring (bicyclic) bond motifs is 1. The summed E-state index contributed by atoms with van der Waals surface area (Å²) in [6.07, 6.45) is 0.381. The molecule has 4 aromatic rings. The molecule has 1 saturated heterocycles. The van der Waals surface area contributed by atoms with Gasteiger partial charge in [0.2, 0.25) is 0 Å². The van der Waals surface area contributed by atoms with Crippen molar-refractivity contribution in [1.82, 2.24) is 29.2 Å². The number of aromatic nitrogens is 5. The SMILES string of the molecule is CCn1cc(-c2cc(Cn3ccnc3C)cc3c2OC[C@@H](Cc2cc(C)cc(N4CC(N(C)CC(=O)OC(C)(C)C)C4)n2)C3=O)c(C(F)(F)F)n1. The monoisotopic (exact) mass is 707 g/mol. The highest BCUT2D eigenvalue weighted by atomic mass is 19.4. The first-order chi connectivity index (χ1) is 24.0. The van der Waals surface area contributed by atoms with E-state index in [9.17, 15) is 22.8 Å². The molecule has 272 valence electrons. The molecule has 0 spiro atoms. The Bertz CT molecular complexity index is 1940. The number of halogens is 3. The highest BCUT2D eigenvalue weighted by Gasteiger charge is 2.40. The number of aryl methyl sites for hydroxylation is 3. The van der Waals surface area contributed by atoms with E-state index in [1.807, 2.05) is 63.3 Å². The van der Waals surface area contributed by atoms with Crippen LogP contribution in [0.5, 0.6) is 5.75 Å². The van der Waals surface area contributed by atoms with E-state index in [0.29, 0.717) is 31.6 Å². The van der Waals surface area contributed by atoms with Crippen LogP contribution in [0.4, 0.5) is 19.0 Å². The van der Waals surface area contributed by atoms with Gasteiger partial charge in [0, 0.05) is 74.1 Å². The molecule has 0 radical (unpaired) electrons. The molecule has 2 aliphatic rings. The van der Waals surface area contributed by atoms with Crippen molar-refractivity contribution in [3.63, 3.8) is 0 Å². The summed E-state index contributed by atoms with van der Waals surface area (Å²) in [5, 5.41) is 3.82. The molecule has 14 heteroatoms. The maximum atomic E-state index is 14.2.